The number of anilines is 2. The molecule has 73 heavy (non-hydrogen) atoms. The molecule has 4 heterocycles. The number of benzene rings is 3. The molecule has 2 saturated heterocycles. The third kappa shape index (κ3) is 14.4. The Morgan fingerprint density at radius 3 is 2.45 bits per heavy atom. The van der Waals surface area contributed by atoms with E-state index < -0.39 is 28.3 Å². The maximum absolute atomic E-state index is 15.0. The number of imide groups is 1. The van der Waals surface area contributed by atoms with Crippen LogP contribution in [-0.2, 0) is 40.1 Å². The van der Waals surface area contributed by atoms with E-state index in [0.717, 1.165) is 23.2 Å². The molecule has 21 heteroatoms. The highest BCUT2D eigenvalue weighted by molar-refractivity contribution is 8.77. The van der Waals surface area contributed by atoms with E-state index in [-0.39, 0.29) is 74.3 Å². The number of fused-ring (bicyclic) bond motifs is 1. The highest BCUT2D eigenvalue weighted by Crippen LogP contribution is 2.47. The van der Waals surface area contributed by atoms with Crippen molar-refractivity contribution in [3.63, 3.8) is 0 Å². The number of nitrogens with one attached hydrogen (secondary N) is 3. The third-order valence-electron chi connectivity index (χ3n) is 12.6. The molecule has 2 unspecified atom stereocenters. The van der Waals surface area contributed by atoms with Crippen molar-refractivity contribution in [1.29, 1.82) is 0 Å². The Bertz CT molecular complexity index is 2720. The van der Waals surface area contributed by atoms with Crippen molar-refractivity contribution in [3.05, 3.63) is 113 Å². The van der Waals surface area contributed by atoms with Crippen molar-refractivity contribution >= 4 is 80.1 Å². The molecule has 1 aliphatic carbocycles. The number of rotatable bonds is 21. The van der Waals surface area contributed by atoms with Crippen molar-refractivity contribution in [3.8, 4) is 11.5 Å². The number of halogens is 1. The molecule has 3 N–H and O–H groups in total. The highest BCUT2D eigenvalue weighted by atomic mass is 33.1. The molecule has 0 radical (unpaired) electrons. The lowest BCUT2D eigenvalue weighted by molar-refractivity contribution is -0.197. The molecule has 1 aromatic heterocycles. The Hall–Kier alpha value is -7.00. The van der Waals surface area contributed by atoms with Gasteiger partial charge in [-0.25, -0.2) is 14.6 Å². The predicted octanol–water partition coefficient (Wildman–Crippen LogP) is 6.55. The van der Waals surface area contributed by atoms with Gasteiger partial charge in [-0.2, -0.15) is 5.10 Å². The zero-order chi connectivity index (χ0) is 51.5. The number of aromatic nitrogens is 1. The summed E-state index contributed by atoms with van der Waals surface area (Å²) in [6.45, 7) is 6.87. The van der Waals surface area contributed by atoms with Crippen molar-refractivity contribution in [1.82, 2.24) is 25.7 Å². The molecule has 18 nitrogen and oxygen atoms in total. The molecule has 4 aromatic rings. The summed E-state index contributed by atoms with van der Waals surface area (Å²) in [7, 11) is 3.11. The average molecular weight is 1040 g/mol. The summed E-state index contributed by atoms with van der Waals surface area (Å²) in [4.78, 5) is 100. The van der Waals surface area contributed by atoms with Gasteiger partial charge in [0, 0.05) is 128 Å². The topological polar surface area (TPSA) is 218 Å². The number of piperazine rings is 1. The molecule has 3 aromatic carbocycles. The molecular weight excluding hydrogens is 980 g/mol. The molecule has 6 amide bonds. The van der Waals surface area contributed by atoms with Crippen LogP contribution in [0.25, 0.3) is 0 Å². The Morgan fingerprint density at radius 1 is 0.932 bits per heavy atom. The van der Waals surface area contributed by atoms with Crippen molar-refractivity contribution in [2.45, 2.75) is 82.4 Å². The average Bonchev–Trinajstić information content (AvgIpc) is 4.14. The summed E-state index contributed by atoms with van der Waals surface area (Å²) in [5, 5.41) is 10.5. The van der Waals surface area contributed by atoms with Gasteiger partial charge in [0.05, 0.1) is 25.3 Å². The second-order valence-electron chi connectivity index (χ2n) is 18.6. The minimum absolute atomic E-state index is 0.0219. The molecule has 0 bridgehead atoms. The molecular formula is C52H57FN8O10S2. The predicted molar refractivity (Wildman–Crippen MR) is 273 cm³/mol. The second kappa shape index (κ2) is 24.1. The van der Waals surface area contributed by atoms with Gasteiger partial charge in [0.1, 0.15) is 17.3 Å². The summed E-state index contributed by atoms with van der Waals surface area (Å²) in [5.74, 6) is -1.38. The number of carbonyl (C=O) groups excluding carboxylic acids is 7. The van der Waals surface area contributed by atoms with Crippen molar-refractivity contribution in [2.24, 2.45) is 11.0 Å². The fraction of sp³-hybridized carbons (Fsp3) is 0.404. The van der Waals surface area contributed by atoms with Gasteiger partial charge in [0.2, 0.25) is 17.7 Å². The van der Waals surface area contributed by atoms with E-state index in [1.165, 1.54) is 6.07 Å². The number of carbonyl (C=O) groups is 7. The van der Waals surface area contributed by atoms with Gasteiger partial charge in [0.15, 0.2) is 0 Å². The summed E-state index contributed by atoms with van der Waals surface area (Å²) in [6, 6.07) is 20.7. The Labute approximate surface area is 429 Å². The number of hydrogen-bond acceptors (Lipinski definition) is 15. The van der Waals surface area contributed by atoms with Crippen LogP contribution in [0.4, 0.5) is 15.8 Å². The van der Waals surface area contributed by atoms with Crippen molar-refractivity contribution in [2.75, 3.05) is 55.4 Å². The number of pyridine rings is 1. The van der Waals surface area contributed by atoms with Crippen LogP contribution in [0, 0.1) is 11.7 Å². The first kappa shape index (κ1) is 52.3. The molecule has 384 valence electrons. The number of hydroxylamine groups is 2. The van der Waals surface area contributed by atoms with Crippen LogP contribution in [0.5, 0.6) is 11.5 Å². The minimum Gasteiger partial charge on any atom is -0.493 e. The Kier molecular flexibility index (Phi) is 17.3. The maximum atomic E-state index is 15.0. The monoisotopic (exact) mass is 1040 g/mol. The number of nitrogens with zero attached hydrogens (tertiary/aromatic N) is 5. The summed E-state index contributed by atoms with van der Waals surface area (Å²) >= 11 is 0. The van der Waals surface area contributed by atoms with Crippen molar-refractivity contribution < 1.29 is 52.3 Å². The molecule has 3 fully saturated rings. The van der Waals surface area contributed by atoms with Crippen LogP contribution in [0.3, 0.4) is 0 Å². The molecule has 4 aliphatic rings. The normalized spacial score (nSPS) is 17.9. The first-order valence-corrected chi connectivity index (χ1v) is 26.5. The van der Waals surface area contributed by atoms with Gasteiger partial charge in [-0.05, 0) is 92.8 Å². The lowest BCUT2D eigenvalue weighted by atomic mass is 10.0. The Morgan fingerprint density at radius 2 is 1.71 bits per heavy atom. The smallest absolute Gasteiger partial charge is 0.333 e. The highest BCUT2D eigenvalue weighted by Gasteiger charge is 2.44. The van der Waals surface area contributed by atoms with E-state index in [9.17, 15) is 33.6 Å². The lowest BCUT2D eigenvalue weighted by Gasteiger charge is -2.36. The zero-order valence-electron chi connectivity index (χ0n) is 40.6. The SMILES string of the molecule is CC(C)(CC(=O)N/N=C1\CCOc2cc(OCCCC(=O)ON3C(=O)CCC3=O)ccc21)SSCCC(=O)N1CCN(c2ccc(C(=O)NCc3ccc(NC(=O)C4CC4c4cccnc4)cc3F)cc2)CC1. The Balaban J connectivity index is 0.687. The van der Waals surface area contributed by atoms with Crippen LogP contribution in [0.2, 0.25) is 0 Å². The lowest BCUT2D eigenvalue weighted by Crippen LogP contribution is -2.48. The molecule has 3 aliphatic heterocycles. The molecule has 8 rings (SSSR count). The summed E-state index contributed by atoms with van der Waals surface area (Å²) < 4.78 is 26.2. The number of ether oxygens (including phenoxy) is 2. The quantitative estimate of drug-likeness (QED) is 0.0349. The van der Waals surface area contributed by atoms with Crippen LogP contribution in [-0.4, -0.2) is 112 Å². The first-order chi connectivity index (χ1) is 35.2. The van der Waals surface area contributed by atoms with Gasteiger partial charge in [-0.15, -0.1) is 5.06 Å². The van der Waals surface area contributed by atoms with Gasteiger partial charge in [-0.3, -0.25) is 33.8 Å². The standard InChI is InChI=1S/C52H57FN8O10S2/c1-52(2,30-45(62)58-57-43-17-25-70-44-28-38(13-14-39(43)44)69-24-4-6-49(66)71-61-47(64)15-16-48(61)65)73-72-26-18-46(63)60-22-20-59(21-23-60)37-11-8-33(9-12-37)50(67)55-32-35-7-10-36(27-42(35)53)56-51(68)41-29-40(41)34-5-3-19-54-31-34/h3,5,7-14,19,27-28,31,40-41H,4,6,15-18,20-26,29-30,32H2,1-2H3,(H,55,67)(H,56,68)(H,58,62)/b57-43+. The van der Waals surface area contributed by atoms with Crippen LogP contribution >= 0.6 is 21.6 Å². The fourth-order valence-corrected chi connectivity index (χ4v) is 11.0. The number of amides is 6. The number of hydrogen-bond donors (Lipinski definition) is 3. The zero-order valence-corrected chi connectivity index (χ0v) is 42.2. The first-order valence-electron chi connectivity index (χ1n) is 24.2. The van der Waals surface area contributed by atoms with E-state index in [1.807, 2.05) is 43.0 Å². The molecule has 0 spiro atoms. The minimum atomic E-state index is -0.693. The van der Waals surface area contributed by atoms with Crippen LogP contribution in [0.1, 0.15) is 98.2 Å². The van der Waals surface area contributed by atoms with E-state index in [0.29, 0.717) is 96.9 Å². The van der Waals surface area contributed by atoms with E-state index in [1.54, 1.807) is 76.4 Å². The third-order valence-corrected chi connectivity index (χ3v) is 15.9. The number of hydrazone groups is 1. The molecule has 2 atom stereocenters. The van der Waals surface area contributed by atoms with E-state index >= 15 is 4.39 Å². The van der Waals surface area contributed by atoms with Gasteiger partial charge in [0.25, 0.3) is 17.7 Å². The van der Waals surface area contributed by atoms with Gasteiger partial charge < -0.3 is 34.7 Å². The van der Waals surface area contributed by atoms with Crippen LogP contribution < -0.4 is 30.4 Å². The van der Waals surface area contributed by atoms with Crippen LogP contribution in [0.15, 0.2) is 90.3 Å². The van der Waals surface area contributed by atoms with E-state index in [2.05, 4.69) is 31.0 Å². The maximum Gasteiger partial charge on any atom is 0.333 e. The fourth-order valence-electron chi connectivity index (χ4n) is 8.51. The second-order valence-corrected chi connectivity index (χ2v) is 21.7. The van der Waals surface area contributed by atoms with Gasteiger partial charge in [-0.1, -0.05) is 33.7 Å². The van der Waals surface area contributed by atoms with E-state index in [4.69, 9.17) is 14.3 Å². The summed E-state index contributed by atoms with van der Waals surface area (Å²) in [5.41, 5.74) is 7.11. The molecule has 1 saturated carbocycles. The van der Waals surface area contributed by atoms with Gasteiger partial charge >= 0.3 is 5.97 Å². The largest absolute Gasteiger partial charge is 0.493 e. The summed E-state index contributed by atoms with van der Waals surface area (Å²) in [6.07, 6.45) is 5.55.